The van der Waals surface area contributed by atoms with Crippen LogP contribution in [0.25, 0.3) is 22.5 Å². The van der Waals surface area contributed by atoms with Crippen LogP contribution in [0.1, 0.15) is 11.6 Å². The third kappa shape index (κ3) is 13.6. The number of hydrogen-bond acceptors (Lipinski definition) is 14. The number of nitrogens with two attached hydrogens (primary N) is 7. The average Bonchev–Trinajstić information content (AvgIpc) is 3.56. The van der Waals surface area contributed by atoms with E-state index in [1.165, 1.54) is 12.1 Å². The van der Waals surface area contributed by atoms with Crippen LogP contribution in [0.4, 0.5) is 0 Å². The minimum absolute atomic E-state index is 0.195. The van der Waals surface area contributed by atoms with Crippen molar-refractivity contribution in [3.8, 4) is 0 Å². The van der Waals surface area contributed by atoms with Gasteiger partial charge >= 0.3 is 0 Å². The van der Waals surface area contributed by atoms with Gasteiger partial charge in [0.2, 0.25) is 11.8 Å². The number of amides is 7. The first-order chi connectivity index (χ1) is 31.6. The predicted molar refractivity (Wildman–Crippen MR) is 240 cm³/mol. The molecule has 0 fully saturated rings. The fourth-order valence-corrected chi connectivity index (χ4v) is 6.50. The molecule has 0 saturated carbocycles. The zero-order valence-electron chi connectivity index (χ0n) is 35.1. The van der Waals surface area contributed by atoms with Crippen molar-refractivity contribution in [1.82, 2.24) is 53.2 Å². The molecule has 0 radical (unpaired) electrons. The van der Waals surface area contributed by atoms with Crippen molar-refractivity contribution in [2.24, 2.45) is 52.0 Å². The number of aliphatic hydroxyl groups is 1. The summed E-state index contributed by atoms with van der Waals surface area (Å²) in [7, 11) is 0. The van der Waals surface area contributed by atoms with Gasteiger partial charge in [-0.25, -0.2) is 0 Å². The Bertz CT molecular complexity index is 2590. The molecule has 0 heterocycles. The van der Waals surface area contributed by atoms with Crippen LogP contribution >= 0.6 is 0 Å². The number of aliphatic hydroxyl groups excluding tert-OH is 1. The fourth-order valence-electron chi connectivity index (χ4n) is 6.50. The molecule has 7 amide bonds. The van der Waals surface area contributed by atoms with Crippen molar-refractivity contribution in [2.75, 3.05) is 6.61 Å². The lowest BCUT2D eigenvalue weighted by atomic mass is 9.90. The topological polar surface area (TPSA) is 538 Å². The van der Waals surface area contributed by atoms with Crippen molar-refractivity contribution in [2.45, 2.75) is 36.9 Å². The van der Waals surface area contributed by atoms with Crippen LogP contribution in [0.3, 0.4) is 0 Å². The summed E-state index contributed by atoms with van der Waals surface area (Å²) in [5.41, 5.74) is 39.2. The Labute approximate surface area is 378 Å². The van der Waals surface area contributed by atoms with Crippen molar-refractivity contribution >= 4 is 87.7 Å². The smallest absolute Gasteiger partial charge is 0.265 e. The molecule has 0 spiro atoms. The van der Waals surface area contributed by atoms with E-state index >= 15 is 0 Å². The Balaban J connectivity index is 1.57. The lowest BCUT2D eigenvalue weighted by molar-refractivity contribution is -0.136. The molecule has 0 bridgehead atoms. The molecule has 3 aromatic rings. The summed E-state index contributed by atoms with van der Waals surface area (Å²) < 4.78 is 0. The molecule has 29 heteroatoms. The van der Waals surface area contributed by atoms with E-state index in [4.69, 9.17) is 61.8 Å². The number of carbonyl (C=O) groups excluding carboxylic acids is 7. The number of primary amides is 1. The molecule has 3 aromatic carbocycles. The molecule has 1 aliphatic rings. The van der Waals surface area contributed by atoms with E-state index in [0.29, 0.717) is 10.9 Å². The molecule has 8 atom stereocenters. The Hall–Kier alpha value is -9.25. The zero-order valence-corrected chi connectivity index (χ0v) is 35.1. The quantitative estimate of drug-likeness (QED) is 0.0284. The Morgan fingerprint density at radius 3 is 1.36 bits per heavy atom. The fraction of sp³-hybridized carbons (Fsp3) is 0.237. The third-order valence-corrected chi connectivity index (χ3v) is 9.59. The summed E-state index contributed by atoms with van der Waals surface area (Å²) in [6.07, 6.45) is -8.23. The third-order valence-electron chi connectivity index (χ3n) is 9.59. The van der Waals surface area contributed by atoms with Gasteiger partial charge in [-0.15, -0.1) is 0 Å². The van der Waals surface area contributed by atoms with Crippen molar-refractivity contribution < 1.29 is 38.7 Å². The number of hydrogen-bond donors (Lipinski definition) is 22. The molecular weight excluding hydrogens is 879 g/mol. The van der Waals surface area contributed by atoms with E-state index in [0.717, 1.165) is 16.0 Å². The molecule has 67 heavy (non-hydrogen) atoms. The van der Waals surface area contributed by atoms with Crippen molar-refractivity contribution in [1.29, 1.82) is 21.6 Å². The lowest BCUT2D eigenvalue weighted by Gasteiger charge is -2.29. The van der Waals surface area contributed by atoms with Gasteiger partial charge in [0.25, 0.3) is 29.5 Å². The van der Waals surface area contributed by atoms with Crippen LogP contribution in [-0.2, 0) is 33.6 Å². The highest BCUT2D eigenvalue weighted by atomic mass is 16.3. The molecule has 29 N–H and O–H groups in total. The maximum atomic E-state index is 14.1. The van der Waals surface area contributed by atoms with Gasteiger partial charge in [0, 0.05) is 16.8 Å². The van der Waals surface area contributed by atoms with Crippen LogP contribution in [-0.4, -0.2) is 108 Å². The molecule has 0 aromatic heterocycles. The highest BCUT2D eigenvalue weighted by Gasteiger charge is 2.37. The predicted octanol–water partition coefficient (Wildman–Crippen LogP) is -9.63. The molecule has 4 rings (SSSR count). The largest absolute Gasteiger partial charge is 0.401 e. The van der Waals surface area contributed by atoms with Gasteiger partial charge < -0.3 is 98.4 Å². The van der Waals surface area contributed by atoms with Gasteiger partial charge in [-0.2, -0.15) is 0 Å². The Morgan fingerprint density at radius 2 is 0.940 bits per heavy atom. The van der Waals surface area contributed by atoms with Crippen LogP contribution in [0, 0.1) is 33.5 Å². The molecule has 1 aliphatic carbocycles. The minimum Gasteiger partial charge on any atom is -0.401 e. The molecule has 0 saturated heterocycles. The first-order valence-electron chi connectivity index (χ1n) is 19.6. The van der Waals surface area contributed by atoms with Crippen LogP contribution in [0.2, 0.25) is 0 Å². The first-order valence-corrected chi connectivity index (χ1v) is 19.6. The molecule has 29 nitrogen and oxygen atoms in total. The number of carbonyl (C=O) groups is 7. The highest BCUT2D eigenvalue weighted by Crippen LogP contribution is 2.24. The summed E-state index contributed by atoms with van der Waals surface area (Å²) in [6.45, 7) is -0.699. The maximum Gasteiger partial charge on any atom is 0.265 e. The van der Waals surface area contributed by atoms with E-state index in [1.807, 2.05) is 52.3 Å². The number of fused-ring (bicyclic) bond motifs is 2. The van der Waals surface area contributed by atoms with Crippen LogP contribution in [0.5, 0.6) is 0 Å². The normalized spacial score (nSPS) is 15.6. The molecule has 356 valence electrons. The average molecular weight is 930 g/mol. The van der Waals surface area contributed by atoms with Gasteiger partial charge in [-0.1, -0.05) is 60.7 Å². The van der Waals surface area contributed by atoms with Crippen molar-refractivity contribution in [3.05, 3.63) is 82.7 Å². The van der Waals surface area contributed by atoms with Gasteiger partial charge in [0.05, 0.1) is 12.5 Å². The van der Waals surface area contributed by atoms with E-state index in [1.54, 1.807) is 24.3 Å². The molecule has 8 unspecified atom stereocenters. The zero-order chi connectivity index (χ0) is 49.7. The van der Waals surface area contributed by atoms with Gasteiger partial charge in [-0.3, -0.25) is 55.2 Å². The molecule has 0 aliphatic heterocycles. The summed E-state index contributed by atoms with van der Waals surface area (Å²) >= 11 is 0. The second-order valence-electron chi connectivity index (χ2n) is 14.5. The van der Waals surface area contributed by atoms with E-state index in [2.05, 4.69) is 37.2 Å². The summed E-state index contributed by atoms with van der Waals surface area (Å²) in [5.74, 6) is -14.1. The Morgan fingerprint density at radius 1 is 0.537 bits per heavy atom. The summed E-state index contributed by atoms with van der Waals surface area (Å²) in [6, 6.07) is 17.4. The Kier molecular flexibility index (Phi) is 16.8. The molecular formula is C38H51N21O8. The maximum absolute atomic E-state index is 14.1. The van der Waals surface area contributed by atoms with E-state index in [9.17, 15) is 38.7 Å². The van der Waals surface area contributed by atoms with Crippen LogP contribution < -0.4 is 104 Å². The summed E-state index contributed by atoms with van der Waals surface area (Å²) in [4.78, 5) is 93.0. The monoisotopic (exact) mass is 929 g/mol. The van der Waals surface area contributed by atoms with Gasteiger partial charge in [-0.05, 0) is 33.7 Å². The highest BCUT2D eigenvalue weighted by molar-refractivity contribution is 6.00. The second-order valence-corrected chi connectivity index (χ2v) is 14.5. The first kappa shape index (κ1) is 50.4. The number of guanidine groups is 4. The van der Waals surface area contributed by atoms with E-state index in [-0.39, 0.29) is 5.56 Å². The van der Waals surface area contributed by atoms with Crippen molar-refractivity contribution in [3.63, 3.8) is 0 Å². The second kappa shape index (κ2) is 22.4. The van der Waals surface area contributed by atoms with Gasteiger partial charge in [0.1, 0.15) is 6.04 Å². The van der Waals surface area contributed by atoms with Gasteiger partial charge in [0.15, 0.2) is 54.7 Å². The number of nitrogens with one attached hydrogen (secondary N) is 14. The number of benzene rings is 3. The minimum atomic E-state index is -2.12. The van der Waals surface area contributed by atoms with E-state index < -0.39 is 121 Å². The SMILES string of the molecule is N=C(N)NC(NC(=O)C(NC(=N)N)NC(=O)C(NC(=N)N)NC(=O)C(NC(=N)N)NC(=O)C(NC(=O)C(CO)C1C=c2cc3ccccc3cc2=C1N)c1ccccc1)C(=O)NC(N)C(N)=O. The van der Waals surface area contributed by atoms with Crippen LogP contribution in [0.15, 0.2) is 66.7 Å². The summed E-state index contributed by atoms with van der Waals surface area (Å²) in [5, 5.41) is 65.8. The number of rotatable bonds is 20. The lowest BCUT2D eigenvalue weighted by Crippen LogP contribution is -2.69. The standard InChI is InChI=1S/C38H51N21O8/c39-21-18-11-16-9-5-4-8-15(16)10-17(18)12-19(21)20(13-60)29(62)50-22(14-6-2-1-3-7-14)30(63)52-26(57-36(44)45)32(65)54-28(59-38(48)49)34(67)55-27(58-37(46)47)33(66)53-25(56-35(42)43)31(64)51-23(40)24(41)61/h1-12,19-20,22-23,25-28,60H,13,39-40H2,(H2,41,61)(H,50,62)(H,51,64)(H,52,63)(H,53,66)(H,54,65)(H,55,67)(H4,42,43,56)(H4,44,45,57)(H4,46,47,58)(H4,48,49,59).